The number of rotatable bonds is 5. The second-order valence-corrected chi connectivity index (χ2v) is 8.12. The van der Waals surface area contributed by atoms with Crippen molar-refractivity contribution in [3.05, 3.63) is 17.0 Å². The number of likely N-dealkylation sites (tertiary alicyclic amines) is 1. The van der Waals surface area contributed by atoms with Crippen molar-refractivity contribution in [2.75, 3.05) is 26.2 Å². The molecule has 0 aliphatic carbocycles. The molecule has 2 saturated heterocycles. The van der Waals surface area contributed by atoms with Crippen LogP contribution in [0, 0.1) is 19.8 Å². The number of piperidine rings is 1. The molecule has 2 amide bonds. The van der Waals surface area contributed by atoms with E-state index < -0.39 is 0 Å². The van der Waals surface area contributed by atoms with Gasteiger partial charge >= 0.3 is 0 Å². The minimum absolute atomic E-state index is 0. The molecule has 3 rings (SSSR count). The van der Waals surface area contributed by atoms with Gasteiger partial charge in [-0.1, -0.05) is 0 Å². The van der Waals surface area contributed by atoms with Crippen molar-refractivity contribution in [3.8, 4) is 0 Å². The van der Waals surface area contributed by atoms with E-state index in [-0.39, 0.29) is 48.6 Å². The van der Waals surface area contributed by atoms with Crippen LogP contribution in [0.2, 0.25) is 0 Å². The van der Waals surface area contributed by atoms with Gasteiger partial charge in [-0.2, -0.15) is 5.10 Å². The average Bonchev–Trinajstić information content (AvgIpc) is 3.28. The largest absolute Gasteiger partial charge is 0.354 e. The fraction of sp³-hybridized carbons (Fsp3) is 0.750. The Hall–Kier alpha value is -1.31. The lowest BCUT2D eigenvalue weighted by Gasteiger charge is -2.34. The molecule has 7 nitrogen and oxygen atoms in total. The molecule has 2 aliphatic heterocycles. The quantitative estimate of drug-likeness (QED) is 0.723. The second kappa shape index (κ2) is 11.2. The SMILES string of the molecule is Cc1nn(C)c(C)c1C(C)C(=O)N1CCCC(CNC(=O)C2CCCN2)C1.Cl.Cl. The summed E-state index contributed by atoms with van der Waals surface area (Å²) >= 11 is 0. The van der Waals surface area contributed by atoms with Crippen LogP contribution in [0.5, 0.6) is 0 Å². The molecule has 166 valence electrons. The van der Waals surface area contributed by atoms with Crippen LogP contribution in [0.4, 0.5) is 0 Å². The van der Waals surface area contributed by atoms with Crippen molar-refractivity contribution in [2.45, 2.75) is 58.4 Å². The topological polar surface area (TPSA) is 79.3 Å². The summed E-state index contributed by atoms with van der Waals surface area (Å²) in [5, 5.41) is 10.8. The molecular formula is C20H35Cl2N5O2. The van der Waals surface area contributed by atoms with Gasteiger partial charge in [0.25, 0.3) is 0 Å². The maximum atomic E-state index is 13.1. The first-order chi connectivity index (χ1) is 12.9. The monoisotopic (exact) mass is 447 g/mol. The van der Waals surface area contributed by atoms with Gasteiger partial charge in [-0.3, -0.25) is 14.3 Å². The van der Waals surface area contributed by atoms with Gasteiger partial charge in [0, 0.05) is 37.9 Å². The second-order valence-electron chi connectivity index (χ2n) is 8.12. The third-order valence-electron chi connectivity index (χ3n) is 6.14. The van der Waals surface area contributed by atoms with Crippen LogP contribution in [0.1, 0.15) is 55.5 Å². The van der Waals surface area contributed by atoms with Crippen LogP contribution in [0.25, 0.3) is 0 Å². The van der Waals surface area contributed by atoms with Crippen LogP contribution < -0.4 is 10.6 Å². The molecule has 3 heterocycles. The van der Waals surface area contributed by atoms with E-state index in [2.05, 4.69) is 15.7 Å². The number of hydrogen-bond acceptors (Lipinski definition) is 4. The predicted molar refractivity (Wildman–Crippen MR) is 119 cm³/mol. The van der Waals surface area contributed by atoms with Crippen molar-refractivity contribution >= 4 is 36.6 Å². The molecule has 3 unspecified atom stereocenters. The summed E-state index contributed by atoms with van der Waals surface area (Å²) in [5.41, 5.74) is 3.03. The number of aromatic nitrogens is 2. The number of aryl methyl sites for hydroxylation is 2. The van der Waals surface area contributed by atoms with E-state index in [9.17, 15) is 9.59 Å². The normalized spacial score (nSPS) is 22.4. The van der Waals surface area contributed by atoms with E-state index in [4.69, 9.17) is 0 Å². The Morgan fingerprint density at radius 1 is 1.24 bits per heavy atom. The predicted octanol–water partition coefficient (Wildman–Crippen LogP) is 2.09. The maximum Gasteiger partial charge on any atom is 0.237 e. The number of carbonyl (C=O) groups excluding carboxylic acids is 2. The number of nitrogens with zero attached hydrogens (tertiary/aromatic N) is 3. The zero-order valence-electron chi connectivity index (χ0n) is 17.9. The van der Waals surface area contributed by atoms with E-state index in [1.54, 1.807) is 0 Å². The van der Waals surface area contributed by atoms with E-state index in [1.807, 2.05) is 37.4 Å². The number of carbonyl (C=O) groups is 2. The van der Waals surface area contributed by atoms with Gasteiger partial charge in [0.15, 0.2) is 0 Å². The summed E-state index contributed by atoms with van der Waals surface area (Å²) in [5.74, 6) is 0.416. The lowest BCUT2D eigenvalue weighted by molar-refractivity contribution is -0.134. The van der Waals surface area contributed by atoms with Crippen molar-refractivity contribution in [3.63, 3.8) is 0 Å². The molecule has 0 radical (unpaired) electrons. The minimum atomic E-state index is -0.185. The first-order valence-electron chi connectivity index (χ1n) is 10.2. The Bertz CT molecular complexity index is 703. The highest BCUT2D eigenvalue weighted by Gasteiger charge is 2.31. The molecule has 2 aliphatic rings. The lowest BCUT2D eigenvalue weighted by Crippen LogP contribution is -2.47. The molecule has 0 spiro atoms. The average molecular weight is 448 g/mol. The minimum Gasteiger partial charge on any atom is -0.354 e. The molecule has 0 saturated carbocycles. The van der Waals surface area contributed by atoms with Gasteiger partial charge in [0.2, 0.25) is 11.8 Å². The third kappa shape index (κ3) is 5.86. The van der Waals surface area contributed by atoms with Gasteiger partial charge in [-0.15, -0.1) is 24.8 Å². The molecule has 0 bridgehead atoms. The van der Waals surface area contributed by atoms with Gasteiger partial charge in [-0.05, 0) is 58.9 Å². The maximum absolute atomic E-state index is 13.1. The summed E-state index contributed by atoms with van der Waals surface area (Å²) in [6.07, 6.45) is 4.03. The molecule has 9 heteroatoms. The van der Waals surface area contributed by atoms with Crippen molar-refractivity contribution in [1.29, 1.82) is 0 Å². The van der Waals surface area contributed by atoms with Crippen LogP contribution >= 0.6 is 24.8 Å². The Labute approximate surface area is 186 Å². The summed E-state index contributed by atoms with van der Waals surface area (Å²) in [6, 6.07) is -0.0390. The van der Waals surface area contributed by atoms with E-state index in [0.717, 1.165) is 62.3 Å². The fourth-order valence-electron chi connectivity index (χ4n) is 4.52. The first-order valence-corrected chi connectivity index (χ1v) is 10.2. The number of amides is 2. The van der Waals surface area contributed by atoms with Crippen LogP contribution in [-0.4, -0.2) is 58.7 Å². The van der Waals surface area contributed by atoms with Gasteiger partial charge in [-0.25, -0.2) is 0 Å². The molecule has 3 atom stereocenters. The molecule has 1 aromatic rings. The smallest absolute Gasteiger partial charge is 0.237 e. The highest BCUT2D eigenvalue weighted by molar-refractivity contribution is 5.86. The Balaban J connectivity index is 0.00000210. The van der Waals surface area contributed by atoms with E-state index in [0.29, 0.717) is 12.5 Å². The third-order valence-corrected chi connectivity index (χ3v) is 6.14. The highest BCUT2D eigenvalue weighted by atomic mass is 35.5. The molecule has 2 fully saturated rings. The Kier molecular flexibility index (Phi) is 9.92. The summed E-state index contributed by atoms with van der Waals surface area (Å²) in [7, 11) is 1.92. The zero-order valence-corrected chi connectivity index (χ0v) is 19.5. The number of nitrogens with one attached hydrogen (secondary N) is 2. The first kappa shape index (κ1) is 25.7. The summed E-state index contributed by atoms with van der Waals surface area (Å²) in [6.45, 7) is 9.07. The van der Waals surface area contributed by atoms with E-state index >= 15 is 0 Å². The standard InChI is InChI=1S/C20H33N5O2.2ClH/c1-13(18-14(2)23-24(4)15(18)3)20(27)25-10-6-7-16(12-25)11-22-19(26)17-8-5-9-21-17;;/h13,16-17,21H,5-12H2,1-4H3,(H,22,26);2*1H. The van der Waals surface area contributed by atoms with Crippen molar-refractivity contribution < 1.29 is 9.59 Å². The number of hydrogen-bond donors (Lipinski definition) is 2. The Morgan fingerprint density at radius 3 is 2.55 bits per heavy atom. The molecule has 0 aromatic carbocycles. The van der Waals surface area contributed by atoms with Gasteiger partial charge in [0.05, 0.1) is 17.7 Å². The van der Waals surface area contributed by atoms with Crippen LogP contribution in [0.15, 0.2) is 0 Å². The fourth-order valence-corrected chi connectivity index (χ4v) is 4.52. The van der Waals surface area contributed by atoms with Crippen LogP contribution in [-0.2, 0) is 16.6 Å². The lowest BCUT2D eigenvalue weighted by atomic mass is 9.93. The van der Waals surface area contributed by atoms with Gasteiger partial charge < -0.3 is 15.5 Å². The molecule has 29 heavy (non-hydrogen) atoms. The van der Waals surface area contributed by atoms with Gasteiger partial charge in [0.1, 0.15) is 0 Å². The summed E-state index contributed by atoms with van der Waals surface area (Å²) in [4.78, 5) is 27.3. The van der Waals surface area contributed by atoms with Crippen molar-refractivity contribution in [2.24, 2.45) is 13.0 Å². The molecular weight excluding hydrogens is 413 g/mol. The number of halogens is 2. The Morgan fingerprint density at radius 2 is 1.97 bits per heavy atom. The molecule has 1 aromatic heterocycles. The highest BCUT2D eigenvalue weighted by Crippen LogP contribution is 2.27. The van der Waals surface area contributed by atoms with Crippen molar-refractivity contribution in [1.82, 2.24) is 25.3 Å². The van der Waals surface area contributed by atoms with Crippen LogP contribution in [0.3, 0.4) is 0 Å². The summed E-state index contributed by atoms with van der Waals surface area (Å²) < 4.78 is 1.85. The van der Waals surface area contributed by atoms with E-state index in [1.165, 1.54) is 0 Å². The molecule has 2 N–H and O–H groups in total. The zero-order chi connectivity index (χ0) is 19.6.